The van der Waals surface area contributed by atoms with Gasteiger partial charge in [-0.1, -0.05) is 78.9 Å². The molecule has 0 unspecified atom stereocenters. The van der Waals surface area contributed by atoms with Gasteiger partial charge in [0, 0.05) is 12.0 Å². The Kier molecular flexibility index (Phi) is 8.19. The SMILES string of the molecule is COC(=O)[C@H](Cc1ccccc1)NC(=O)C(C)(C)[C@H](NC(=O)c1ccccc1)c1ccccc1. The second-order valence-electron chi connectivity index (χ2n) is 8.64. The Morgan fingerprint density at radius 1 is 0.794 bits per heavy atom. The van der Waals surface area contributed by atoms with Crippen molar-refractivity contribution in [2.45, 2.75) is 32.4 Å². The molecule has 0 aliphatic heterocycles. The zero-order valence-corrected chi connectivity index (χ0v) is 19.7. The molecule has 0 aromatic heterocycles. The van der Waals surface area contributed by atoms with Crippen LogP contribution in [-0.4, -0.2) is 30.9 Å². The van der Waals surface area contributed by atoms with E-state index in [1.165, 1.54) is 7.11 Å². The van der Waals surface area contributed by atoms with E-state index in [1.54, 1.807) is 38.1 Å². The van der Waals surface area contributed by atoms with Crippen molar-refractivity contribution in [2.24, 2.45) is 5.41 Å². The number of hydrogen-bond acceptors (Lipinski definition) is 4. The van der Waals surface area contributed by atoms with Crippen LogP contribution < -0.4 is 10.6 Å². The third kappa shape index (κ3) is 6.10. The Balaban J connectivity index is 1.87. The van der Waals surface area contributed by atoms with E-state index in [1.807, 2.05) is 66.7 Å². The number of amides is 2. The molecule has 0 radical (unpaired) electrons. The fraction of sp³-hybridized carbons (Fsp3) is 0.250. The summed E-state index contributed by atoms with van der Waals surface area (Å²) in [4.78, 5) is 39.0. The van der Waals surface area contributed by atoms with Crippen LogP contribution in [0, 0.1) is 5.41 Å². The predicted octanol–water partition coefficient (Wildman–Crippen LogP) is 4.08. The van der Waals surface area contributed by atoms with Crippen LogP contribution >= 0.6 is 0 Å². The standard InChI is InChI=1S/C28H30N2O4/c1-28(2,27(33)29-23(26(32)34-3)19-20-13-7-4-8-14-20)24(21-15-9-5-10-16-21)30-25(31)22-17-11-6-12-18-22/h4-18,23-24H,19H2,1-3H3,(H,29,33)(H,30,31)/t23-,24+/m0/s1. The normalized spacial score (nSPS) is 12.8. The molecule has 0 saturated carbocycles. The molecule has 3 aromatic rings. The van der Waals surface area contributed by atoms with Gasteiger partial charge in [-0.2, -0.15) is 0 Å². The molecule has 0 heterocycles. The summed E-state index contributed by atoms with van der Waals surface area (Å²) in [5.74, 6) is -1.19. The highest BCUT2D eigenvalue weighted by Crippen LogP contribution is 2.34. The molecule has 2 atom stereocenters. The average molecular weight is 459 g/mol. The molecular formula is C28H30N2O4. The maximum Gasteiger partial charge on any atom is 0.328 e. The smallest absolute Gasteiger partial charge is 0.328 e. The van der Waals surface area contributed by atoms with Gasteiger partial charge in [0.1, 0.15) is 6.04 Å². The van der Waals surface area contributed by atoms with Crippen LogP contribution in [0.15, 0.2) is 91.0 Å². The molecule has 2 amide bonds. The minimum Gasteiger partial charge on any atom is -0.467 e. The van der Waals surface area contributed by atoms with Crippen molar-refractivity contribution < 1.29 is 19.1 Å². The molecule has 0 bridgehead atoms. The molecule has 6 nitrogen and oxygen atoms in total. The zero-order chi connectivity index (χ0) is 24.6. The summed E-state index contributed by atoms with van der Waals surface area (Å²) in [5.41, 5.74) is 1.09. The lowest BCUT2D eigenvalue weighted by atomic mass is 9.79. The van der Waals surface area contributed by atoms with E-state index in [0.29, 0.717) is 12.0 Å². The lowest BCUT2D eigenvalue weighted by Crippen LogP contribution is -2.52. The molecule has 0 spiro atoms. The highest BCUT2D eigenvalue weighted by molar-refractivity contribution is 5.95. The second kappa shape index (κ2) is 11.3. The van der Waals surface area contributed by atoms with Crippen molar-refractivity contribution in [1.29, 1.82) is 0 Å². The van der Waals surface area contributed by atoms with Crippen LogP contribution in [0.4, 0.5) is 0 Å². The fourth-order valence-electron chi connectivity index (χ4n) is 3.79. The number of methoxy groups -OCH3 is 1. The minimum atomic E-state index is -1.09. The third-order valence-electron chi connectivity index (χ3n) is 5.82. The molecule has 34 heavy (non-hydrogen) atoms. The summed E-state index contributed by atoms with van der Waals surface area (Å²) in [6.07, 6.45) is 0.293. The summed E-state index contributed by atoms with van der Waals surface area (Å²) in [6, 6.07) is 26.1. The van der Waals surface area contributed by atoms with Crippen molar-refractivity contribution in [2.75, 3.05) is 7.11 Å². The summed E-state index contributed by atoms with van der Waals surface area (Å²) in [5, 5.41) is 5.88. The monoisotopic (exact) mass is 458 g/mol. The minimum absolute atomic E-state index is 0.288. The molecule has 6 heteroatoms. The Labute approximate surface area is 200 Å². The lowest BCUT2D eigenvalue weighted by Gasteiger charge is -2.35. The van der Waals surface area contributed by atoms with Gasteiger partial charge in [0.05, 0.1) is 18.6 Å². The van der Waals surface area contributed by atoms with Crippen molar-refractivity contribution in [3.8, 4) is 0 Å². The second-order valence-corrected chi connectivity index (χ2v) is 8.64. The molecule has 2 N–H and O–H groups in total. The lowest BCUT2D eigenvalue weighted by molar-refractivity contribution is -0.146. The van der Waals surface area contributed by atoms with Gasteiger partial charge in [-0.15, -0.1) is 0 Å². The molecule has 3 rings (SSSR count). The van der Waals surface area contributed by atoms with Crippen LogP contribution in [0.1, 0.15) is 41.4 Å². The van der Waals surface area contributed by atoms with Crippen molar-refractivity contribution in [3.63, 3.8) is 0 Å². The number of esters is 1. The summed E-state index contributed by atoms with van der Waals surface area (Å²) in [6.45, 7) is 3.50. The van der Waals surface area contributed by atoms with E-state index in [-0.39, 0.29) is 11.8 Å². The number of hydrogen-bond donors (Lipinski definition) is 2. The zero-order valence-electron chi connectivity index (χ0n) is 19.7. The van der Waals surface area contributed by atoms with Crippen molar-refractivity contribution in [1.82, 2.24) is 10.6 Å². The molecule has 0 aliphatic carbocycles. The Morgan fingerprint density at radius 2 is 1.32 bits per heavy atom. The number of nitrogens with one attached hydrogen (secondary N) is 2. The maximum atomic E-state index is 13.5. The van der Waals surface area contributed by atoms with Crippen LogP contribution in [0.25, 0.3) is 0 Å². The first-order chi connectivity index (χ1) is 16.3. The van der Waals surface area contributed by atoms with E-state index >= 15 is 0 Å². The summed E-state index contributed by atoms with van der Waals surface area (Å²) < 4.78 is 4.94. The van der Waals surface area contributed by atoms with E-state index < -0.39 is 23.5 Å². The molecule has 0 saturated heterocycles. The third-order valence-corrected chi connectivity index (χ3v) is 5.82. The van der Waals surface area contributed by atoms with Gasteiger partial charge in [0.2, 0.25) is 5.91 Å². The van der Waals surface area contributed by atoms with Gasteiger partial charge < -0.3 is 15.4 Å². The van der Waals surface area contributed by atoms with Crippen LogP contribution in [0.3, 0.4) is 0 Å². The average Bonchev–Trinajstić information content (AvgIpc) is 2.87. The number of ether oxygens (including phenoxy) is 1. The molecule has 0 aliphatic rings. The number of carbonyl (C=O) groups is 3. The van der Waals surface area contributed by atoms with Gasteiger partial charge in [-0.25, -0.2) is 4.79 Å². The summed E-state index contributed by atoms with van der Waals surface area (Å²) in [7, 11) is 1.30. The van der Waals surface area contributed by atoms with Gasteiger partial charge in [0.15, 0.2) is 0 Å². The maximum absolute atomic E-state index is 13.5. The van der Waals surface area contributed by atoms with Gasteiger partial charge in [0.25, 0.3) is 5.91 Å². The van der Waals surface area contributed by atoms with Crippen LogP contribution in [0.5, 0.6) is 0 Å². The Morgan fingerprint density at radius 3 is 1.88 bits per heavy atom. The Hall–Kier alpha value is -3.93. The Bertz CT molecular complexity index is 1100. The fourth-order valence-corrected chi connectivity index (χ4v) is 3.79. The quantitative estimate of drug-likeness (QED) is 0.473. The van der Waals surface area contributed by atoms with Crippen molar-refractivity contribution in [3.05, 3.63) is 108 Å². The number of benzene rings is 3. The molecule has 3 aromatic carbocycles. The largest absolute Gasteiger partial charge is 0.467 e. The number of rotatable bonds is 9. The van der Waals surface area contributed by atoms with Gasteiger partial charge in [-0.05, 0) is 37.1 Å². The molecule has 0 fully saturated rings. The molecule has 176 valence electrons. The van der Waals surface area contributed by atoms with E-state index in [2.05, 4.69) is 10.6 Å². The summed E-state index contributed by atoms with van der Waals surface area (Å²) >= 11 is 0. The highest BCUT2D eigenvalue weighted by atomic mass is 16.5. The first-order valence-corrected chi connectivity index (χ1v) is 11.2. The van der Waals surface area contributed by atoms with E-state index in [0.717, 1.165) is 11.1 Å². The van der Waals surface area contributed by atoms with Gasteiger partial charge >= 0.3 is 5.97 Å². The van der Waals surface area contributed by atoms with E-state index in [4.69, 9.17) is 4.74 Å². The van der Waals surface area contributed by atoms with Crippen molar-refractivity contribution >= 4 is 17.8 Å². The predicted molar refractivity (Wildman–Crippen MR) is 131 cm³/mol. The van der Waals surface area contributed by atoms with Crippen LogP contribution in [-0.2, 0) is 20.7 Å². The first-order valence-electron chi connectivity index (χ1n) is 11.2. The van der Waals surface area contributed by atoms with E-state index in [9.17, 15) is 14.4 Å². The first kappa shape index (κ1) is 24.7. The van der Waals surface area contributed by atoms with Crippen LogP contribution in [0.2, 0.25) is 0 Å². The van der Waals surface area contributed by atoms with Gasteiger partial charge in [-0.3, -0.25) is 9.59 Å². The highest BCUT2D eigenvalue weighted by Gasteiger charge is 2.40. The molecular weight excluding hydrogens is 428 g/mol. The topological polar surface area (TPSA) is 84.5 Å². The number of carbonyl (C=O) groups excluding carboxylic acids is 3.